The van der Waals surface area contributed by atoms with E-state index in [0.717, 1.165) is 12.2 Å². The summed E-state index contributed by atoms with van der Waals surface area (Å²) in [6, 6.07) is 15.9. The average Bonchev–Trinajstić information content (AvgIpc) is 3.25. The van der Waals surface area contributed by atoms with Crippen LogP contribution in [-0.2, 0) is 13.1 Å². The highest BCUT2D eigenvalue weighted by atomic mass is 16.5. The van der Waals surface area contributed by atoms with Gasteiger partial charge in [-0.1, -0.05) is 24.3 Å². The van der Waals surface area contributed by atoms with E-state index < -0.39 is 0 Å². The number of methoxy groups -OCH3 is 2. The first-order valence-electron chi connectivity index (χ1n) is 8.97. The summed E-state index contributed by atoms with van der Waals surface area (Å²) < 4.78 is 12.5. The van der Waals surface area contributed by atoms with Crippen LogP contribution in [0.15, 0.2) is 65.9 Å². The van der Waals surface area contributed by atoms with Crippen LogP contribution in [0.5, 0.6) is 11.5 Å². The molecule has 0 atom stereocenters. The molecular formula is C21H25N5O2. The van der Waals surface area contributed by atoms with Crippen LogP contribution in [0.1, 0.15) is 11.1 Å². The first-order valence-corrected chi connectivity index (χ1v) is 8.97. The Morgan fingerprint density at radius 3 is 2.50 bits per heavy atom. The molecule has 2 N–H and O–H groups in total. The van der Waals surface area contributed by atoms with E-state index in [0.29, 0.717) is 24.0 Å². The number of hydrogen-bond donors (Lipinski definition) is 2. The lowest BCUT2D eigenvalue weighted by atomic mass is 10.1. The van der Waals surface area contributed by atoms with Crippen LogP contribution in [0.3, 0.4) is 0 Å². The summed E-state index contributed by atoms with van der Waals surface area (Å²) in [7, 11) is 4.98. The zero-order chi connectivity index (χ0) is 19.8. The van der Waals surface area contributed by atoms with Crippen molar-refractivity contribution in [3.8, 4) is 11.5 Å². The van der Waals surface area contributed by atoms with E-state index >= 15 is 0 Å². The third kappa shape index (κ3) is 4.82. The molecule has 28 heavy (non-hydrogen) atoms. The lowest BCUT2D eigenvalue weighted by Crippen LogP contribution is -2.30. The molecule has 1 aromatic heterocycles. The molecule has 0 bridgehead atoms. The number of aliphatic imine (C=N–C) groups is 1. The lowest BCUT2D eigenvalue weighted by Gasteiger charge is -2.15. The molecule has 0 spiro atoms. The predicted molar refractivity (Wildman–Crippen MR) is 111 cm³/mol. The molecule has 0 radical (unpaired) electrons. The first kappa shape index (κ1) is 19.3. The van der Waals surface area contributed by atoms with Crippen molar-refractivity contribution in [1.82, 2.24) is 15.1 Å². The highest BCUT2D eigenvalue weighted by Crippen LogP contribution is 2.29. The summed E-state index contributed by atoms with van der Waals surface area (Å²) in [5, 5.41) is 10.9. The third-order valence-corrected chi connectivity index (χ3v) is 4.33. The minimum atomic E-state index is 0.643. The first-order chi connectivity index (χ1) is 13.7. The molecule has 7 nitrogen and oxygen atoms in total. The van der Waals surface area contributed by atoms with Gasteiger partial charge in [-0.25, -0.2) is 0 Å². The van der Waals surface area contributed by atoms with E-state index in [-0.39, 0.29) is 0 Å². The predicted octanol–water partition coefficient (Wildman–Crippen LogP) is 3.14. The summed E-state index contributed by atoms with van der Waals surface area (Å²) in [4.78, 5) is 4.31. The summed E-state index contributed by atoms with van der Waals surface area (Å²) in [5.41, 5.74) is 3.25. The van der Waals surface area contributed by atoms with Crippen molar-refractivity contribution in [1.29, 1.82) is 0 Å². The van der Waals surface area contributed by atoms with Crippen LogP contribution in [0.25, 0.3) is 0 Å². The highest BCUT2D eigenvalue weighted by molar-refractivity contribution is 5.93. The molecule has 0 unspecified atom stereocenters. The maximum absolute atomic E-state index is 5.35. The van der Waals surface area contributed by atoms with Crippen LogP contribution in [0.4, 0.5) is 5.69 Å². The second-order valence-electron chi connectivity index (χ2n) is 6.09. The lowest BCUT2D eigenvalue weighted by molar-refractivity contribution is 0.355. The van der Waals surface area contributed by atoms with Gasteiger partial charge in [0.05, 0.1) is 20.8 Å². The number of benzene rings is 2. The summed E-state index contributed by atoms with van der Waals surface area (Å²) >= 11 is 0. The molecule has 2 aromatic carbocycles. The van der Waals surface area contributed by atoms with Crippen LogP contribution in [0, 0.1) is 0 Å². The second kappa shape index (κ2) is 9.45. The molecular weight excluding hydrogens is 354 g/mol. The molecule has 3 aromatic rings. The second-order valence-corrected chi connectivity index (χ2v) is 6.09. The Morgan fingerprint density at radius 2 is 1.82 bits per heavy atom. The Hall–Kier alpha value is -3.48. The third-order valence-electron chi connectivity index (χ3n) is 4.33. The van der Waals surface area contributed by atoms with Gasteiger partial charge in [-0.2, -0.15) is 5.10 Å². The van der Waals surface area contributed by atoms with E-state index in [4.69, 9.17) is 9.47 Å². The smallest absolute Gasteiger partial charge is 0.195 e. The van der Waals surface area contributed by atoms with Crippen molar-refractivity contribution in [3.63, 3.8) is 0 Å². The van der Waals surface area contributed by atoms with Crippen molar-refractivity contribution >= 4 is 11.6 Å². The van der Waals surface area contributed by atoms with E-state index in [2.05, 4.69) is 32.9 Å². The number of rotatable bonds is 7. The molecule has 7 heteroatoms. The van der Waals surface area contributed by atoms with E-state index in [1.54, 1.807) is 27.5 Å². The van der Waals surface area contributed by atoms with E-state index in [9.17, 15) is 0 Å². The molecule has 0 aliphatic heterocycles. The molecule has 1 heterocycles. The van der Waals surface area contributed by atoms with Gasteiger partial charge in [0.2, 0.25) is 0 Å². The van der Waals surface area contributed by atoms with Gasteiger partial charge < -0.3 is 20.1 Å². The quantitative estimate of drug-likeness (QED) is 0.487. The zero-order valence-electron chi connectivity index (χ0n) is 16.3. The van der Waals surface area contributed by atoms with Crippen molar-refractivity contribution in [2.45, 2.75) is 13.1 Å². The maximum Gasteiger partial charge on any atom is 0.195 e. The van der Waals surface area contributed by atoms with Crippen molar-refractivity contribution < 1.29 is 9.47 Å². The van der Waals surface area contributed by atoms with Crippen molar-refractivity contribution in [2.75, 3.05) is 26.6 Å². The van der Waals surface area contributed by atoms with Gasteiger partial charge in [-0.05, 0) is 29.3 Å². The fraction of sp³-hybridized carbons (Fsp3) is 0.238. The number of hydrogen-bond acceptors (Lipinski definition) is 4. The molecule has 0 aliphatic carbocycles. The van der Waals surface area contributed by atoms with E-state index in [1.807, 2.05) is 47.3 Å². The SMILES string of the molecule is CN=C(NCc1ccccc1Cn1cccn1)Nc1ccc(OC)c(OC)c1. The Morgan fingerprint density at radius 1 is 1.04 bits per heavy atom. The summed E-state index contributed by atoms with van der Waals surface area (Å²) in [6.45, 7) is 1.37. The molecule has 0 saturated carbocycles. The Labute approximate surface area is 165 Å². The normalized spacial score (nSPS) is 11.2. The molecule has 146 valence electrons. The number of ether oxygens (including phenoxy) is 2. The van der Waals surface area contributed by atoms with Gasteiger partial charge in [0.15, 0.2) is 17.5 Å². The van der Waals surface area contributed by atoms with Crippen LogP contribution in [0.2, 0.25) is 0 Å². The Bertz CT molecular complexity index is 922. The van der Waals surface area contributed by atoms with E-state index in [1.165, 1.54) is 11.1 Å². The van der Waals surface area contributed by atoms with Crippen LogP contribution >= 0.6 is 0 Å². The maximum atomic E-state index is 5.35. The van der Waals surface area contributed by atoms with Gasteiger partial charge in [0.1, 0.15) is 0 Å². The van der Waals surface area contributed by atoms with Crippen molar-refractivity contribution in [3.05, 3.63) is 72.1 Å². The molecule has 0 amide bonds. The van der Waals surface area contributed by atoms with Gasteiger partial charge in [0.25, 0.3) is 0 Å². The monoisotopic (exact) mass is 379 g/mol. The van der Waals surface area contributed by atoms with Gasteiger partial charge in [0, 0.05) is 37.7 Å². The number of nitrogens with one attached hydrogen (secondary N) is 2. The Kier molecular flexibility index (Phi) is 6.51. The highest BCUT2D eigenvalue weighted by Gasteiger charge is 2.08. The topological polar surface area (TPSA) is 72.7 Å². The molecule has 0 aliphatic rings. The van der Waals surface area contributed by atoms with Crippen molar-refractivity contribution in [2.24, 2.45) is 4.99 Å². The number of guanidine groups is 1. The minimum absolute atomic E-state index is 0.643. The summed E-state index contributed by atoms with van der Waals surface area (Å²) in [6.07, 6.45) is 3.75. The molecule has 0 saturated heterocycles. The van der Waals surface area contributed by atoms with Gasteiger partial charge in [-0.15, -0.1) is 0 Å². The van der Waals surface area contributed by atoms with Crippen LogP contribution < -0.4 is 20.1 Å². The standard InChI is InChI=1S/C21H25N5O2/c1-22-21(25-18-9-10-19(27-2)20(13-18)28-3)23-14-16-7-4-5-8-17(16)15-26-12-6-11-24-26/h4-13H,14-15H2,1-3H3,(H2,22,23,25). The Balaban J connectivity index is 1.67. The number of aromatic nitrogens is 2. The number of anilines is 1. The summed E-state index contributed by atoms with van der Waals surface area (Å²) in [5.74, 6) is 2.01. The molecule has 0 fully saturated rings. The number of nitrogens with zero attached hydrogens (tertiary/aromatic N) is 3. The largest absolute Gasteiger partial charge is 0.493 e. The fourth-order valence-electron chi connectivity index (χ4n) is 2.86. The van der Waals surface area contributed by atoms with Gasteiger partial charge in [-0.3, -0.25) is 9.67 Å². The molecule has 3 rings (SSSR count). The average molecular weight is 379 g/mol. The van der Waals surface area contributed by atoms with Gasteiger partial charge >= 0.3 is 0 Å². The fourth-order valence-corrected chi connectivity index (χ4v) is 2.86. The minimum Gasteiger partial charge on any atom is -0.493 e. The van der Waals surface area contributed by atoms with Crippen LogP contribution in [-0.4, -0.2) is 37.0 Å². The zero-order valence-corrected chi connectivity index (χ0v) is 16.3.